The van der Waals surface area contributed by atoms with Gasteiger partial charge in [-0.1, -0.05) is 70.5 Å². The van der Waals surface area contributed by atoms with Gasteiger partial charge in [-0.3, -0.25) is 4.79 Å². The van der Waals surface area contributed by atoms with E-state index in [1.807, 2.05) is 61.5 Å². The second-order valence-corrected chi connectivity index (χ2v) is 6.83. The van der Waals surface area contributed by atoms with E-state index in [1.54, 1.807) is 12.1 Å². The predicted octanol–water partition coefficient (Wildman–Crippen LogP) is 5.04. The van der Waals surface area contributed by atoms with Gasteiger partial charge in [0, 0.05) is 4.47 Å². The van der Waals surface area contributed by atoms with Crippen LogP contribution in [0.2, 0.25) is 0 Å². The van der Waals surface area contributed by atoms with Crippen LogP contribution in [0.5, 0.6) is 5.75 Å². The fraction of sp³-hybridized carbons (Fsp3) is 0.0909. The average Bonchev–Trinajstić information content (AvgIpc) is 2.72. The molecule has 136 valence electrons. The zero-order chi connectivity index (χ0) is 19.1. The molecular formula is C22H19BrN2O2. The second-order valence-electron chi connectivity index (χ2n) is 5.92. The van der Waals surface area contributed by atoms with Crippen LogP contribution in [0.4, 0.5) is 0 Å². The van der Waals surface area contributed by atoms with Crippen LogP contribution < -0.4 is 10.2 Å². The second kappa shape index (κ2) is 9.14. The number of amides is 1. The molecular weight excluding hydrogens is 404 g/mol. The standard InChI is InChI=1S/C22H19BrN2O2/c1-16(17-7-9-19(10-8-17)18-5-3-2-4-6-18)24-25-22(26)15-27-21-13-11-20(23)12-14-21/h2-14H,15H2,1H3,(H,25,26)/b24-16+. The van der Waals surface area contributed by atoms with E-state index in [-0.39, 0.29) is 12.5 Å². The molecule has 1 N–H and O–H groups in total. The van der Waals surface area contributed by atoms with Crippen LogP contribution in [-0.4, -0.2) is 18.2 Å². The lowest BCUT2D eigenvalue weighted by molar-refractivity contribution is -0.123. The maximum atomic E-state index is 11.9. The molecule has 1 amide bonds. The summed E-state index contributed by atoms with van der Waals surface area (Å²) in [7, 11) is 0. The summed E-state index contributed by atoms with van der Waals surface area (Å²) in [6.45, 7) is 1.76. The molecule has 5 heteroatoms. The molecule has 0 aliphatic heterocycles. The molecule has 0 aliphatic rings. The molecule has 3 rings (SSSR count). The molecule has 0 aliphatic carbocycles. The van der Waals surface area contributed by atoms with Crippen molar-refractivity contribution < 1.29 is 9.53 Å². The van der Waals surface area contributed by atoms with E-state index in [1.165, 1.54) is 0 Å². The summed E-state index contributed by atoms with van der Waals surface area (Å²) < 4.78 is 6.38. The van der Waals surface area contributed by atoms with Crippen molar-refractivity contribution in [2.45, 2.75) is 6.92 Å². The first-order chi connectivity index (χ1) is 13.1. The minimum Gasteiger partial charge on any atom is -0.484 e. The Morgan fingerprint density at radius 3 is 2.22 bits per heavy atom. The number of halogens is 1. The van der Waals surface area contributed by atoms with Crippen molar-refractivity contribution in [3.8, 4) is 16.9 Å². The minimum atomic E-state index is -0.307. The van der Waals surface area contributed by atoms with Crippen molar-refractivity contribution in [2.24, 2.45) is 5.10 Å². The van der Waals surface area contributed by atoms with Crippen LogP contribution >= 0.6 is 15.9 Å². The Bertz CT molecular complexity index is 921. The van der Waals surface area contributed by atoms with Crippen LogP contribution in [0.25, 0.3) is 11.1 Å². The van der Waals surface area contributed by atoms with E-state index >= 15 is 0 Å². The van der Waals surface area contributed by atoms with Crippen LogP contribution in [0.3, 0.4) is 0 Å². The lowest BCUT2D eigenvalue weighted by Gasteiger charge is -2.07. The highest BCUT2D eigenvalue weighted by Crippen LogP contribution is 2.19. The third-order valence-corrected chi connectivity index (χ3v) is 4.47. The van der Waals surface area contributed by atoms with E-state index < -0.39 is 0 Å². The Labute approximate surface area is 167 Å². The number of benzene rings is 3. The fourth-order valence-corrected chi connectivity index (χ4v) is 2.72. The highest BCUT2D eigenvalue weighted by atomic mass is 79.9. The molecule has 0 heterocycles. The summed E-state index contributed by atoms with van der Waals surface area (Å²) in [5.41, 5.74) is 6.50. The van der Waals surface area contributed by atoms with Crippen molar-refractivity contribution in [1.82, 2.24) is 5.43 Å². The molecule has 0 fully saturated rings. The number of hydrogen-bond donors (Lipinski definition) is 1. The van der Waals surface area contributed by atoms with E-state index in [2.05, 4.69) is 38.6 Å². The molecule has 0 saturated carbocycles. The van der Waals surface area contributed by atoms with Gasteiger partial charge in [0.2, 0.25) is 0 Å². The first-order valence-electron chi connectivity index (χ1n) is 8.49. The van der Waals surface area contributed by atoms with E-state index in [0.29, 0.717) is 5.75 Å². The van der Waals surface area contributed by atoms with Gasteiger partial charge in [0.15, 0.2) is 6.61 Å². The van der Waals surface area contributed by atoms with Gasteiger partial charge in [0.25, 0.3) is 5.91 Å². The van der Waals surface area contributed by atoms with Gasteiger partial charge in [0.05, 0.1) is 5.71 Å². The van der Waals surface area contributed by atoms with Gasteiger partial charge in [-0.15, -0.1) is 0 Å². The van der Waals surface area contributed by atoms with Gasteiger partial charge in [-0.05, 0) is 47.9 Å². The Kier molecular flexibility index (Phi) is 6.39. The third kappa shape index (κ3) is 5.53. The number of nitrogens with zero attached hydrogens (tertiary/aromatic N) is 1. The lowest BCUT2D eigenvalue weighted by atomic mass is 10.0. The quantitative estimate of drug-likeness (QED) is 0.446. The molecule has 0 aromatic heterocycles. The van der Waals surface area contributed by atoms with E-state index in [4.69, 9.17) is 4.74 Å². The largest absolute Gasteiger partial charge is 0.484 e. The summed E-state index contributed by atoms with van der Waals surface area (Å²) in [5, 5.41) is 4.15. The maximum Gasteiger partial charge on any atom is 0.277 e. The Balaban J connectivity index is 1.55. The van der Waals surface area contributed by atoms with E-state index in [0.717, 1.165) is 26.9 Å². The van der Waals surface area contributed by atoms with Crippen LogP contribution in [0.15, 0.2) is 88.4 Å². The Morgan fingerprint density at radius 1 is 0.926 bits per heavy atom. The number of nitrogens with one attached hydrogen (secondary N) is 1. The molecule has 27 heavy (non-hydrogen) atoms. The first-order valence-corrected chi connectivity index (χ1v) is 9.28. The van der Waals surface area contributed by atoms with Gasteiger partial charge >= 0.3 is 0 Å². The average molecular weight is 423 g/mol. The molecule has 0 radical (unpaired) electrons. The fourth-order valence-electron chi connectivity index (χ4n) is 2.46. The summed E-state index contributed by atoms with van der Waals surface area (Å²) >= 11 is 3.35. The van der Waals surface area contributed by atoms with Crippen molar-refractivity contribution in [2.75, 3.05) is 6.61 Å². The highest BCUT2D eigenvalue weighted by molar-refractivity contribution is 9.10. The minimum absolute atomic E-state index is 0.0919. The SMILES string of the molecule is C/C(=N\NC(=O)COc1ccc(Br)cc1)c1ccc(-c2ccccc2)cc1. The zero-order valence-corrected chi connectivity index (χ0v) is 16.4. The first kappa shape index (κ1) is 18.9. The summed E-state index contributed by atoms with van der Waals surface area (Å²) in [5.74, 6) is 0.323. The maximum absolute atomic E-state index is 11.9. The number of hydrazone groups is 1. The van der Waals surface area contributed by atoms with Gasteiger partial charge < -0.3 is 4.74 Å². The molecule has 3 aromatic rings. The van der Waals surface area contributed by atoms with Crippen LogP contribution in [0, 0.1) is 0 Å². The number of carbonyl (C=O) groups excluding carboxylic acids is 1. The van der Waals surface area contributed by atoms with Crippen LogP contribution in [-0.2, 0) is 4.79 Å². The highest BCUT2D eigenvalue weighted by Gasteiger charge is 2.04. The molecule has 0 unspecified atom stereocenters. The van der Waals surface area contributed by atoms with Crippen molar-refractivity contribution in [1.29, 1.82) is 0 Å². The summed E-state index contributed by atoms with van der Waals surface area (Å²) in [6.07, 6.45) is 0. The van der Waals surface area contributed by atoms with Crippen molar-refractivity contribution in [3.05, 3.63) is 88.9 Å². The van der Waals surface area contributed by atoms with Crippen molar-refractivity contribution >= 4 is 27.5 Å². The Morgan fingerprint density at radius 2 is 1.56 bits per heavy atom. The molecule has 0 spiro atoms. The zero-order valence-electron chi connectivity index (χ0n) is 14.9. The molecule has 0 atom stereocenters. The normalized spacial score (nSPS) is 11.1. The third-order valence-electron chi connectivity index (χ3n) is 3.94. The number of carbonyl (C=O) groups is 1. The molecule has 0 bridgehead atoms. The van der Waals surface area contributed by atoms with Gasteiger partial charge in [0.1, 0.15) is 5.75 Å². The van der Waals surface area contributed by atoms with E-state index in [9.17, 15) is 4.79 Å². The number of hydrogen-bond acceptors (Lipinski definition) is 3. The number of rotatable bonds is 6. The monoisotopic (exact) mass is 422 g/mol. The smallest absolute Gasteiger partial charge is 0.277 e. The Hall–Kier alpha value is -2.92. The summed E-state index contributed by atoms with van der Waals surface area (Å²) in [4.78, 5) is 11.9. The lowest BCUT2D eigenvalue weighted by Crippen LogP contribution is -2.25. The van der Waals surface area contributed by atoms with Crippen molar-refractivity contribution in [3.63, 3.8) is 0 Å². The van der Waals surface area contributed by atoms with Crippen LogP contribution in [0.1, 0.15) is 12.5 Å². The molecule has 4 nitrogen and oxygen atoms in total. The topological polar surface area (TPSA) is 50.7 Å². The summed E-state index contributed by atoms with van der Waals surface area (Å²) in [6, 6.07) is 25.5. The molecule has 3 aromatic carbocycles. The van der Waals surface area contributed by atoms with Gasteiger partial charge in [-0.25, -0.2) is 5.43 Å². The number of ether oxygens (including phenoxy) is 1. The predicted molar refractivity (Wildman–Crippen MR) is 112 cm³/mol. The molecule has 0 saturated heterocycles. The van der Waals surface area contributed by atoms with Gasteiger partial charge in [-0.2, -0.15) is 5.10 Å².